The van der Waals surface area contributed by atoms with Gasteiger partial charge in [-0.2, -0.15) is 0 Å². The van der Waals surface area contributed by atoms with Gasteiger partial charge in [-0.1, -0.05) is 6.92 Å². The van der Waals surface area contributed by atoms with Gasteiger partial charge in [0.05, 0.1) is 19.8 Å². The normalized spacial score (nSPS) is 20.7. The Hall–Kier alpha value is -0.450. The molecule has 0 aliphatic carbocycles. The Morgan fingerprint density at radius 1 is 1.33 bits per heavy atom. The number of carbonyl (C=O) groups is 1. The summed E-state index contributed by atoms with van der Waals surface area (Å²) in [6, 6.07) is 0. The minimum atomic E-state index is 0.0570. The average Bonchev–Trinajstić information content (AvgIpc) is 2.76. The van der Waals surface area contributed by atoms with Crippen molar-refractivity contribution < 1.29 is 19.0 Å². The van der Waals surface area contributed by atoms with Crippen LogP contribution in [0.1, 0.15) is 19.8 Å². The molecule has 0 aromatic rings. The van der Waals surface area contributed by atoms with Crippen LogP contribution in [0.3, 0.4) is 0 Å². The Labute approximate surface area is 90.9 Å². The molecule has 0 N–H and O–H groups in total. The zero-order valence-electron chi connectivity index (χ0n) is 9.37. The number of ether oxygens (including phenoxy) is 3. The SMILES string of the molecule is CCCOCCOCC(=O)C1CCOC1. The van der Waals surface area contributed by atoms with Gasteiger partial charge in [-0.25, -0.2) is 0 Å². The zero-order valence-corrected chi connectivity index (χ0v) is 9.37. The third kappa shape index (κ3) is 5.25. The van der Waals surface area contributed by atoms with E-state index >= 15 is 0 Å². The van der Waals surface area contributed by atoms with E-state index in [0.717, 1.165) is 19.4 Å². The van der Waals surface area contributed by atoms with Crippen molar-refractivity contribution in [2.24, 2.45) is 5.92 Å². The predicted molar refractivity (Wildman–Crippen MR) is 55.9 cm³/mol. The van der Waals surface area contributed by atoms with Crippen molar-refractivity contribution in [1.82, 2.24) is 0 Å². The number of hydrogen-bond donors (Lipinski definition) is 0. The first-order chi connectivity index (χ1) is 7.34. The Bertz CT molecular complexity index is 175. The molecule has 1 aliphatic heterocycles. The van der Waals surface area contributed by atoms with Gasteiger partial charge in [0.25, 0.3) is 0 Å². The first-order valence-corrected chi connectivity index (χ1v) is 5.60. The van der Waals surface area contributed by atoms with E-state index in [4.69, 9.17) is 14.2 Å². The van der Waals surface area contributed by atoms with Gasteiger partial charge < -0.3 is 14.2 Å². The smallest absolute Gasteiger partial charge is 0.163 e. The molecular weight excluding hydrogens is 196 g/mol. The summed E-state index contributed by atoms with van der Waals surface area (Å²) in [6.07, 6.45) is 1.85. The quantitative estimate of drug-likeness (QED) is 0.569. The van der Waals surface area contributed by atoms with Crippen LogP contribution in [0, 0.1) is 5.92 Å². The molecule has 0 spiro atoms. The summed E-state index contributed by atoms with van der Waals surface area (Å²) in [6.45, 7) is 5.36. The van der Waals surface area contributed by atoms with E-state index < -0.39 is 0 Å². The second-order valence-electron chi connectivity index (χ2n) is 3.69. The van der Waals surface area contributed by atoms with Crippen LogP contribution in [-0.2, 0) is 19.0 Å². The molecule has 1 atom stereocenters. The molecule has 0 aromatic heterocycles. The van der Waals surface area contributed by atoms with E-state index in [2.05, 4.69) is 6.92 Å². The molecule has 1 saturated heterocycles. The summed E-state index contributed by atoms with van der Waals surface area (Å²) < 4.78 is 15.6. The van der Waals surface area contributed by atoms with Crippen molar-refractivity contribution in [3.05, 3.63) is 0 Å². The van der Waals surface area contributed by atoms with Crippen LogP contribution >= 0.6 is 0 Å². The molecule has 1 aliphatic rings. The zero-order chi connectivity index (χ0) is 10.9. The van der Waals surface area contributed by atoms with Crippen molar-refractivity contribution in [1.29, 1.82) is 0 Å². The summed E-state index contributed by atoms with van der Waals surface area (Å²) >= 11 is 0. The van der Waals surface area contributed by atoms with Crippen LogP contribution in [0.4, 0.5) is 0 Å². The van der Waals surface area contributed by atoms with Crippen LogP contribution < -0.4 is 0 Å². The third-order valence-corrected chi connectivity index (χ3v) is 2.35. The fourth-order valence-corrected chi connectivity index (χ4v) is 1.44. The lowest BCUT2D eigenvalue weighted by molar-refractivity contribution is -0.128. The Kier molecular flexibility index (Phi) is 6.55. The maximum Gasteiger partial charge on any atom is 0.163 e. The number of ketones is 1. The van der Waals surface area contributed by atoms with Gasteiger partial charge in [0.2, 0.25) is 0 Å². The number of hydrogen-bond acceptors (Lipinski definition) is 4. The van der Waals surface area contributed by atoms with Crippen LogP contribution in [0.2, 0.25) is 0 Å². The average molecular weight is 216 g/mol. The summed E-state index contributed by atoms with van der Waals surface area (Å²) in [5, 5.41) is 0. The second kappa shape index (κ2) is 7.79. The molecule has 0 amide bonds. The molecule has 0 radical (unpaired) electrons. The van der Waals surface area contributed by atoms with Crippen molar-refractivity contribution in [3.8, 4) is 0 Å². The molecule has 15 heavy (non-hydrogen) atoms. The van der Waals surface area contributed by atoms with Crippen molar-refractivity contribution in [3.63, 3.8) is 0 Å². The highest BCUT2D eigenvalue weighted by Gasteiger charge is 2.22. The maximum atomic E-state index is 11.5. The molecule has 0 aromatic carbocycles. The minimum absolute atomic E-state index is 0.0570. The van der Waals surface area contributed by atoms with Gasteiger partial charge in [-0.15, -0.1) is 0 Å². The molecule has 4 nitrogen and oxygen atoms in total. The lowest BCUT2D eigenvalue weighted by Crippen LogP contribution is -2.21. The van der Waals surface area contributed by atoms with Gasteiger partial charge in [0, 0.05) is 19.1 Å². The summed E-state index contributed by atoms with van der Waals surface area (Å²) in [5.74, 6) is 0.213. The van der Waals surface area contributed by atoms with Crippen molar-refractivity contribution >= 4 is 5.78 Å². The molecule has 4 heteroatoms. The molecule has 1 unspecified atom stereocenters. The fraction of sp³-hybridized carbons (Fsp3) is 0.909. The van der Waals surface area contributed by atoms with Crippen LogP contribution in [0.5, 0.6) is 0 Å². The highest BCUT2D eigenvalue weighted by atomic mass is 16.5. The van der Waals surface area contributed by atoms with Crippen LogP contribution in [-0.4, -0.2) is 45.4 Å². The lowest BCUT2D eigenvalue weighted by Gasteiger charge is -2.07. The van der Waals surface area contributed by atoms with E-state index in [-0.39, 0.29) is 18.3 Å². The van der Waals surface area contributed by atoms with E-state index in [0.29, 0.717) is 26.4 Å². The van der Waals surface area contributed by atoms with Crippen LogP contribution in [0.15, 0.2) is 0 Å². The summed E-state index contributed by atoms with van der Waals surface area (Å²) in [5.41, 5.74) is 0. The molecule has 0 bridgehead atoms. The summed E-state index contributed by atoms with van der Waals surface area (Å²) in [7, 11) is 0. The van der Waals surface area contributed by atoms with Crippen molar-refractivity contribution in [2.75, 3.05) is 39.6 Å². The molecule has 1 fully saturated rings. The van der Waals surface area contributed by atoms with E-state index in [1.807, 2.05) is 0 Å². The first kappa shape index (κ1) is 12.6. The summed E-state index contributed by atoms with van der Waals surface area (Å²) in [4.78, 5) is 11.5. The number of Topliss-reactive ketones (excluding diaryl/α,β-unsaturated/α-hetero) is 1. The Morgan fingerprint density at radius 2 is 2.13 bits per heavy atom. The number of rotatable bonds is 8. The topological polar surface area (TPSA) is 44.8 Å². The Balaban J connectivity index is 1.92. The maximum absolute atomic E-state index is 11.5. The minimum Gasteiger partial charge on any atom is -0.381 e. The van der Waals surface area contributed by atoms with Crippen LogP contribution in [0.25, 0.3) is 0 Å². The van der Waals surface area contributed by atoms with Gasteiger partial charge in [-0.3, -0.25) is 4.79 Å². The second-order valence-corrected chi connectivity index (χ2v) is 3.69. The van der Waals surface area contributed by atoms with E-state index in [1.165, 1.54) is 0 Å². The standard InChI is InChI=1S/C11H20O4/c1-2-4-13-6-7-15-9-11(12)10-3-5-14-8-10/h10H,2-9H2,1H3. The van der Waals surface area contributed by atoms with Gasteiger partial charge >= 0.3 is 0 Å². The molecule has 1 rings (SSSR count). The van der Waals surface area contributed by atoms with Gasteiger partial charge in [0.1, 0.15) is 6.61 Å². The molecule has 1 heterocycles. The van der Waals surface area contributed by atoms with Crippen molar-refractivity contribution in [2.45, 2.75) is 19.8 Å². The first-order valence-electron chi connectivity index (χ1n) is 5.60. The Morgan fingerprint density at radius 3 is 2.80 bits per heavy atom. The molecular formula is C11H20O4. The number of carbonyl (C=O) groups excluding carboxylic acids is 1. The molecule has 0 saturated carbocycles. The van der Waals surface area contributed by atoms with E-state index in [9.17, 15) is 4.79 Å². The lowest BCUT2D eigenvalue weighted by atomic mass is 10.0. The highest BCUT2D eigenvalue weighted by molar-refractivity contribution is 5.82. The van der Waals surface area contributed by atoms with Gasteiger partial charge in [0.15, 0.2) is 5.78 Å². The van der Waals surface area contributed by atoms with E-state index in [1.54, 1.807) is 0 Å². The fourth-order valence-electron chi connectivity index (χ4n) is 1.44. The monoisotopic (exact) mass is 216 g/mol. The predicted octanol–water partition coefficient (Wildman–Crippen LogP) is 1.04. The largest absolute Gasteiger partial charge is 0.381 e. The van der Waals surface area contributed by atoms with Gasteiger partial charge in [-0.05, 0) is 12.8 Å². The highest BCUT2D eigenvalue weighted by Crippen LogP contribution is 2.13. The molecule has 88 valence electrons. The third-order valence-electron chi connectivity index (χ3n) is 2.35.